The van der Waals surface area contributed by atoms with E-state index >= 15 is 0 Å². The predicted molar refractivity (Wildman–Crippen MR) is 95.5 cm³/mol. The van der Waals surface area contributed by atoms with Crippen LogP contribution in [0.15, 0.2) is 60.7 Å². The second-order valence-electron chi connectivity index (χ2n) is 6.53. The molecule has 128 valence electrons. The zero-order chi connectivity index (χ0) is 16.7. The molecule has 1 saturated heterocycles. The maximum atomic E-state index is 14.0. The molecule has 0 N–H and O–H groups in total. The van der Waals surface area contributed by atoms with E-state index in [-0.39, 0.29) is 0 Å². The van der Waals surface area contributed by atoms with E-state index in [4.69, 9.17) is 4.74 Å². The number of rotatable bonds is 7. The SMILES string of the molecule is FCC1(OCc2ccccc2)CCCCN1CCc1ccccc1. The Morgan fingerprint density at radius 2 is 1.58 bits per heavy atom. The first-order chi connectivity index (χ1) is 11.8. The molecule has 2 nitrogen and oxygen atoms in total. The second-order valence-corrected chi connectivity index (χ2v) is 6.53. The number of halogens is 1. The Labute approximate surface area is 144 Å². The van der Waals surface area contributed by atoms with Crippen molar-refractivity contribution in [2.45, 2.75) is 38.0 Å². The molecule has 0 aliphatic carbocycles. The number of hydrogen-bond donors (Lipinski definition) is 0. The van der Waals surface area contributed by atoms with Gasteiger partial charge in [-0.3, -0.25) is 4.90 Å². The van der Waals surface area contributed by atoms with Gasteiger partial charge in [0.2, 0.25) is 0 Å². The van der Waals surface area contributed by atoms with Crippen molar-refractivity contribution in [3.63, 3.8) is 0 Å². The number of alkyl halides is 1. The average Bonchev–Trinajstić information content (AvgIpc) is 2.67. The second kappa shape index (κ2) is 8.41. The Bertz CT molecular complexity index is 604. The monoisotopic (exact) mass is 327 g/mol. The smallest absolute Gasteiger partial charge is 0.150 e. The van der Waals surface area contributed by atoms with Crippen LogP contribution in [-0.2, 0) is 17.8 Å². The summed E-state index contributed by atoms with van der Waals surface area (Å²) in [7, 11) is 0. The molecule has 0 spiro atoms. The third-order valence-corrected chi connectivity index (χ3v) is 4.89. The quantitative estimate of drug-likeness (QED) is 0.737. The molecule has 0 amide bonds. The van der Waals surface area contributed by atoms with Gasteiger partial charge in [-0.2, -0.15) is 0 Å². The van der Waals surface area contributed by atoms with Gasteiger partial charge in [-0.25, -0.2) is 4.39 Å². The molecule has 0 saturated carbocycles. The minimum Gasteiger partial charge on any atom is -0.353 e. The lowest BCUT2D eigenvalue weighted by molar-refractivity contribution is -0.192. The van der Waals surface area contributed by atoms with E-state index in [2.05, 4.69) is 29.2 Å². The fourth-order valence-corrected chi connectivity index (χ4v) is 3.44. The number of benzene rings is 2. The van der Waals surface area contributed by atoms with Gasteiger partial charge in [0.05, 0.1) is 6.61 Å². The lowest BCUT2D eigenvalue weighted by atomic mass is 9.98. The minimum absolute atomic E-state index is 0.450. The van der Waals surface area contributed by atoms with E-state index in [0.29, 0.717) is 6.61 Å². The lowest BCUT2D eigenvalue weighted by Crippen LogP contribution is -2.56. The highest BCUT2D eigenvalue weighted by molar-refractivity contribution is 5.15. The first-order valence-electron chi connectivity index (χ1n) is 8.85. The summed E-state index contributed by atoms with van der Waals surface area (Å²) < 4.78 is 20.2. The summed E-state index contributed by atoms with van der Waals surface area (Å²) in [6.07, 6.45) is 3.84. The Kier molecular flexibility index (Phi) is 6.00. The van der Waals surface area contributed by atoms with Crippen LogP contribution in [-0.4, -0.2) is 30.4 Å². The maximum absolute atomic E-state index is 14.0. The van der Waals surface area contributed by atoms with Gasteiger partial charge in [0, 0.05) is 13.1 Å². The Morgan fingerprint density at radius 3 is 2.25 bits per heavy atom. The van der Waals surface area contributed by atoms with E-state index in [9.17, 15) is 4.39 Å². The van der Waals surface area contributed by atoms with Crippen molar-refractivity contribution >= 4 is 0 Å². The fourth-order valence-electron chi connectivity index (χ4n) is 3.44. The summed E-state index contributed by atoms with van der Waals surface area (Å²) >= 11 is 0. The van der Waals surface area contributed by atoms with Gasteiger partial charge in [-0.1, -0.05) is 60.7 Å². The van der Waals surface area contributed by atoms with Gasteiger partial charge >= 0.3 is 0 Å². The van der Waals surface area contributed by atoms with E-state index in [1.807, 2.05) is 36.4 Å². The highest BCUT2D eigenvalue weighted by Crippen LogP contribution is 2.31. The van der Waals surface area contributed by atoms with E-state index in [1.54, 1.807) is 0 Å². The molecule has 1 aliphatic heterocycles. The molecule has 1 atom stereocenters. The lowest BCUT2D eigenvalue weighted by Gasteiger charge is -2.45. The first-order valence-corrected chi connectivity index (χ1v) is 8.85. The summed E-state index contributed by atoms with van der Waals surface area (Å²) in [4.78, 5) is 2.21. The highest BCUT2D eigenvalue weighted by Gasteiger charge is 2.39. The van der Waals surface area contributed by atoms with Crippen LogP contribution in [0.4, 0.5) is 4.39 Å². The van der Waals surface area contributed by atoms with Crippen LogP contribution in [0.2, 0.25) is 0 Å². The van der Waals surface area contributed by atoms with Gasteiger partial charge < -0.3 is 4.74 Å². The highest BCUT2D eigenvalue weighted by atomic mass is 19.1. The molecule has 1 fully saturated rings. The van der Waals surface area contributed by atoms with Crippen molar-refractivity contribution in [3.05, 3.63) is 71.8 Å². The fraction of sp³-hybridized carbons (Fsp3) is 0.429. The first kappa shape index (κ1) is 17.1. The zero-order valence-corrected chi connectivity index (χ0v) is 14.2. The summed E-state index contributed by atoms with van der Waals surface area (Å²) in [5.41, 5.74) is 1.63. The van der Waals surface area contributed by atoms with Crippen molar-refractivity contribution in [2.75, 3.05) is 19.8 Å². The molecule has 1 aliphatic rings. The summed E-state index contributed by atoms with van der Waals surface area (Å²) in [6, 6.07) is 20.4. The van der Waals surface area contributed by atoms with Gasteiger partial charge in [-0.15, -0.1) is 0 Å². The number of piperidine rings is 1. The van der Waals surface area contributed by atoms with Gasteiger partial charge in [0.15, 0.2) is 5.72 Å². The summed E-state index contributed by atoms with van der Waals surface area (Å²) in [6.45, 7) is 1.76. The molecule has 3 heteroatoms. The van der Waals surface area contributed by atoms with Crippen molar-refractivity contribution in [1.29, 1.82) is 0 Å². The predicted octanol–water partition coefficient (Wildman–Crippen LogP) is 4.60. The van der Waals surface area contributed by atoms with Gasteiger partial charge in [-0.05, 0) is 36.8 Å². The normalized spacial score (nSPS) is 21.7. The molecule has 2 aromatic rings. The van der Waals surface area contributed by atoms with Crippen LogP contribution in [0.25, 0.3) is 0 Å². The number of likely N-dealkylation sites (tertiary alicyclic amines) is 1. The van der Waals surface area contributed by atoms with Crippen LogP contribution in [0.3, 0.4) is 0 Å². The van der Waals surface area contributed by atoms with E-state index in [0.717, 1.165) is 44.3 Å². The molecule has 1 unspecified atom stereocenters. The van der Waals surface area contributed by atoms with Gasteiger partial charge in [0.1, 0.15) is 6.67 Å². The largest absolute Gasteiger partial charge is 0.353 e. The van der Waals surface area contributed by atoms with Crippen LogP contribution in [0, 0.1) is 0 Å². The number of nitrogens with zero attached hydrogens (tertiary/aromatic N) is 1. The van der Waals surface area contributed by atoms with E-state index in [1.165, 1.54) is 5.56 Å². The Balaban J connectivity index is 1.65. The summed E-state index contributed by atoms with van der Waals surface area (Å²) in [5, 5.41) is 0. The molecule has 1 heterocycles. The van der Waals surface area contributed by atoms with E-state index < -0.39 is 12.4 Å². The summed E-state index contributed by atoms with van der Waals surface area (Å²) in [5.74, 6) is 0. The third kappa shape index (κ3) is 4.22. The van der Waals surface area contributed by atoms with Crippen LogP contribution < -0.4 is 0 Å². The number of hydrogen-bond acceptors (Lipinski definition) is 2. The zero-order valence-electron chi connectivity index (χ0n) is 14.2. The van der Waals surface area contributed by atoms with Crippen LogP contribution >= 0.6 is 0 Å². The van der Waals surface area contributed by atoms with Crippen molar-refractivity contribution in [3.8, 4) is 0 Å². The standard InChI is InChI=1S/C21H26FNO/c22-18-21(24-17-20-11-5-2-6-12-20)14-7-8-15-23(21)16-13-19-9-3-1-4-10-19/h1-6,9-12H,7-8,13-18H2. The average molecular weight is 327 g/mol. The molecule has 3 rings (SSSR count). The minimum atomic E-state index is -0.761. The topological polar surface area (TPSA) is 12.5 Å². The third-order valence-electron chi connectivity index (χ3n) is 4.89. The van der Waals surface area contributed by atoms with Crippen molar-refractivity contribution in [2.24, 2.45) is 0 Å². The molecule has 0 aromatic heterocycles. The number of ether oxygens (including phenoxy) is 1. The maximum Gasteiger partial charge on any atom is 0.150 e. The van der Waals surface area contributed by atoms with Crippen molar-refractivity contribution in [1.82, 2.24) is 4.90 Å². The molecule has 2 aromatic carbocycles. The van der Waals surface area contributed by atoms with Crippen LogP contribution in [0.1, 0.15) is 30.4 Å². The van der Waals surface area contributed by atoms with Crippen molar-refractivity contribution < 1.29 is 9.13 Å². The molecular weight excluding hydrogens is 301 g/mol. The van der Waals surface area contributed by atoms with Crippen LogP contribution in [0.5, 0.6) is 0 Å². The molecule has 0 bridgehead atoms. The molecule has 0 radical (unpaired) electrons. The molecule has 24 heavy (non-hydrogen) atoms. The Hall–Kier alpha value is -1.71. The van der Waals surface area contributed by atoms with Gasteiger partial charge in [0.25, 0.3) is 0 Å². The Morgan fingerprint density at radius 1 is 0.917 bits per heavy atom. The molecular formula is C21H26FNO.